The average molecular weight is 185 g/mol. The normalized spacial score (nSPS) is 17.9. The van der Waals surface area contributed by atoms with Crippen LogP contribution < -0.4 is 0 Å². The summed E-state index contributed by atoms with van der Waals surface area (Å²) in [7, 11) is 0. The third-order valence-electron chi connectivity index (χ3n) is 3.09. The molecule has 1 fully saturated rings. The van der Waals surface area contributed by atoms with E-state index in [4.69, 9.17) is 5.26 Å². The fraction of sp³-hybridized carbons (Fsp3) is 0.462. The molecule has 72 valence electrons. The minimum Gasteiger partial charge on any atom is -0.197 e. The lowest BCUT2D eigenvalue weighted by atomic mass is 9.94. The fourth-order valence-electron chi connectivity index (χ4n) is 1.78. The second-order valence-corrected chi connectivity index (χ2v) is 4.47. The Kier molecular flexibility index (Phi) is 2.07. The number of benzene rings is 1. The molecule has 0 aliphatic heterocycles. The number of nitrogens with zero attached hydrogens (tertiary/aromatic N) is 1. The fourth-order valence-corrected chi connectivity index (χ4v) is 1.78. The molecule has 1 saturated carbocycles. The van der Waals surface area contributed by atoms with Gasteiger partial charge in [0.05, 0.1) is 11.5 Å². The first-order valence-electron chi connectivity index (χ1n) is 5.20. The lowest BCUT2D eigenvalue weighted by Gasteiger charge is -2.09. The maximum atomic E-state index is 9.04. The van der Waals surface area contributed by atoms with Crippen molar-refractivity contribution in [1.82, 2.24) is 0 Å². The maximum Gasteiger partial charge on any atom is 0.0823 e. The van der Waals surface area contributed by atoms with E-state index in [0.717, 1.165) is 12.8 Å². The van der Waals surface area contributed by atoms with Gasteiger partial charge in [0.2, 0.25) is 0 Å². The van der Waals surface area contributed by atoms with Gasteiger partial charge in [-0.1, -0.05) is 38.1 Å². The van der Waals surface area contributed by atoms with Crippen molar-refractivity contribution in [3.8, 4) is 6.07 Å². The van der Waals surface area contributed by atoms with Crippen LogP contribution in [0.3, 0.4) is 0 Å². The molecule has 0 radical (unpaired) electrons. The first-order chi connectivity index (χ1) is 6.68. The molecule has 1 aliphatic carbocycles. The number of hydrogen-bond donors (Lipinski definition) is 0. The van der Waals surface area contributed by atoms with Crippen LogP contribution in [0.2, 0.25) is 0 Å². The van der Waals surface area contributed by atoms with Crippen LogP contribution in [0.15, 0.2) is 24.3 Å². The van der Waals surface area contributed by atoms with E-state index in [9.17, 15) is 0 Å². The van der Waals surface area contributed by atoms with E-state index in [-0.39, 0.29) is 5.41 Å². The van der Waals surface area contributed by atoms with Gasteiger partial charge in [0.25, 0.3) is 0 Å². The Morgan fingerprint density at radius 2 is 1.79 bits per heavy atom. The first-order valence-corrected chi connectivity index (χ1v) is 5.20. The molecule has 0 N–H and O–H groups in total. The summed E-state index contributed by atoms with van der Waals surface area (Å²) < 4.78 is 0. The third-order valence-corrected chi connectivity index (χ3v) is 3.09. The molecule has 0 saturated heterocycles. The van der Waals surface area contributed by atoms with Gasteiger partial charge in [-0.2, -0.15) is 5.26 Å². The summed E-state index contributed by atoms with van der Waals surface area (Å²) in [6, 6.07) is 11.0. The van der Waals surface area contributed by atoms with Crippen molar-refractivity contribution in [2.75, 3.05) is 0 Å². The zero-order valence-electron chi connectivity index (χ0n) is 8.75. The Morgan fingerprint density at radius 3 is 2.14 bits per heavy atom. The predicted molar refractivity (Wildman–Crippen MR) is 57.1 cm³/mol. The van der Waals surface area contributed by atoms with Crippen LogP contribution in [0.25, 0.3) is 0 Å². The predicted octanol–water partition coefficient (Wildman–Crippen LogP) is 3.37. The highest BCUT2D eigenvalue weighted by Gasteiger charge is 2.44. The van der Waals surface area contributed by atoms with Crippen LogP contribution in [0.5, 0.6) is 0 Å². The van der Waals surface area contributed by atoms with Crippen molar-refractivity contribution in [1.29, 1.82) is 5.26 Å². The Morgan fingerprint density at radius 1 is 1.21 bits per heavy atom. The molecular formula is C13H15N. The van der Waals surface area contributed by atoms with Gasteiger partial charge in [0.15, 0.2) is 0 Å². The summed E-state index contributed by atoms with van der Waals surface area (Å²) in [6.07, 6.45) is 2.06. The third kappa shape index (κ3) is 1.42. The Labute approximate surface area is 85.4 Å². The molecule has 0 heterocycles. The minimum atomic E-state index is -0.129. The second-order valence-electron chi connectivity index (χ2n) is 4.47. The van der Waals surface area contributed by atoms with Gasteiger partial charge in [0, 0.05) is 0 Å². The Hall–Kier alpha value is -1.29. The van der Waals surface area contributed by atoms with Gasteiger partial charge in [-0.3, -0.25) is 0 Å². The topological polar surface area (TPSA) is 23.8 Å². The molecule has 0 aromatic heterocycles. The highest BCUT2D eigenvalue weighted by atomic mass is 14.5. The van der Waals surface area contributed by atoms with Crippen LogP contribution in [0, 0.1) is 11.3 Å². The van der Waals surface area contributed by atoms with Gasteiger partial charge in [-0.05, 0) is 29.9 Å². The van der Waals surface area contributed by atoms with E-state index >= 15 is 0 Å². The van der Waals surface area contributed by atoms with E-state index in [1.54, 1.807) is 0 Å². The van der Waals surface area contributed by atoms with Crippen molar-refractivity contribution < 1.29 is 0 Å². The zero-order chi connectivity index (χ0) is 10.2. The van der Waals surface area contributed by atoms with Crippen LogP contribution in [0.1, 0.15) is 43.7 Å². The average Bonchev–Trinajstić information content (AvgIpc) is 2.99. The summed E-state index contributed by atoms with van der Waals surface area (Å²) in [6.45, 7) is 4.37. The molecule has 2 rings (SSSR count). The smallest absolute Gasteiger partial charge is 0.0823 e. The SMILES string of the molecule is CC(C)c1ccc(C2(C#N)CC2)cc1. The van der Waals surface area contributed by atoms with Crippen LogP contribution in [-0.4, -0.2) is 0 Å². The van der Waals surface area contributed by atoms with Gasteiger partial charge in [-0.15, -0.1) is 0 Å². The molecule has 1 aliphatic rings. The van der Waals surface area contributed by atoms with Crippen molar-refractivity contribution in [3.05, 3.63) is 35.4 Å². The summed E-state index contributed by atoms with van der Waals surface area (Å²) in [5, 5.41) is 9.04. The quantitative estimate of drug-likeness (QED) is 0.693. The highest BCUT2D eigenvalue weighted by Crippen LogP contribution is 2.47. The second kappa shape index (κ2) is 3.13. The van der Waals surface area contributed by atoms with Gasteiger partial charge < -0.3 is 0 Å². The molecule has 0 spiro atoms. The summed E-state index contributed by atoms with van der Waals surface area (Å²) >= 11 is 0. The van der Waals surface area contributed by atoms with Crippen molar-refractivity contribution in [2.45, 2.75) is 38.0 Å². The number of rotatable bonds is 2. The van der Waals surface area contributed by atoms with Crippen LogP contribution in [-0.2, 0) is 5.41 Å². The number of nitriles is 1. The summed E-state index contributed by atoms with van der Waals surface area (Å²) in [4.78, 5) is 0. The van der Waals surface area contributed by atoms with E-state index in [1.807, 2.05) is 0 Å². The maximum absolute atomic E-state index is 9.04. The lowest BCUT2D eigenvalue weighted by molar-refractivity contribution is 0.856. The van der Waals surface area contributed by atoms with E-state index in [2.05, 4.69) is 44.2 Å². The Bertz CT molecular complexity index is 363. The molecule has 0 bridgehead atoms. The van der Waals surface area contributed by atoms with E-state index in [1.165, 1.54) is 11.1 Å². The standard InChI is InChI=1S/C13H15N/c1-10(2)11-3-5-12(6-4-11)13(9-14)7-8-13/h3-6,10H,7-8H2,1-2H3. The van der Waals surface area contributed by atoms with Crippen LogP contribution in [0.4, 0.5) is 0 Å². The monoisotopic (exact) mass is 185 g/mol. The van der Waals surface area contributed by atoms with Crippen molar-refractivity contribution in [3.63, 3.8) is 0 Å². The number of hydrogen-bond acceptors (Lipinski definition) is 1. The van der Waals surface area contributed by atoms with Crippen molar-refractivity contribution >= 4 is 0 Å². The molecule has 0 atom stereocenters. The van der Waals surface area contributed by atoms with E-state index in [0.29, 0.717) is 5.92 Å². The molecule has 1 aromatic rings. The molecule has 1 aromatic carbocycles. The molecule has 0 unspecified atom stereocenters. The zero-order valence-corrected chi connectivity index (χ0v) is 8.75. The molecule has 1 nitrogen and oxygen atoms in total. The molecule has 14 heavy (non-hydrogen) atoms. The summed E-state index contributed by atoms with van der Waals surface area (Å²) in [5.74, 6) is 0.571. The van der Waals surface area contributed by atoms with E-state index < -0.39 is 0 Å². The minimum absolute atomic E-state index is 0.129. The largest absolute Gasteiger partial charge is 0.197 e. The molecular weight excluding hydrogens is 170 g/mol. The van der Waals surface area contributed by atoms with Gasteiger partial charge in [0.1, 0.15) is 0 Å². The Balaban J connectivity index is 2.28. The molecule has 0 amide bonds. The lowest BCUT2D eigenvalue weighted by Crippen LogP contribution is -2.02. The van der Waals surface area contributed by atoms with Crippen molar-refractivity contribution in [2.24, 2.45) is 0 Å². The molecule has 1 heteroatoms. The van der Waals surface area contributed by atoms with Gasteiger partial charge >= 0.3 is 0 Å². The highest BCUT2D eigenvalue weighted by molar-refractivity contribution is 5.40. The first kappa shape index (κ1) is 9.27. The van der Waals surface area contributed by atoms with Crippen LogP contribution >= 0.6 is 0 Å². The summed E-state index contributed by atoms with van der Waals surface area (Å²) in [5.41, 5.74) is 2.42. The van der Waals surface area contributed by atoms with Gasteiger partial charge in [-0.25, -0.2) is 0 Å².